The van der Waals surface area contributed by atoms with Crippen molar-refractivity contribution in [3.63, 3.8) is 0 Å². The third kappa shape index (κ3) is 2.19. The number of esters is 1. The van der Waals surface area contributed by atoms with Gasteiger partial charge in [0, 0.05) is 12.5 Å². The van der Waals surface area contributed by atoms with Gasteiger partial charge in [-0.15, -0.1) is 0 Å². The van der Waals surface area contributed by atoms with Gasteiger partial charge in [-0.25, -0.2) is 0 Å². The van der Waals surface area contributed by atoms with Crippen LogP contribution in [0.4, 0.5) is 0 Å². The Balaban J connectivity index is 2.30. The fraction of sp³-hybridized carbons (Fsp3) is 0.875. The van der Waals surface area contributed by atoms with Gasteiger partial charge in [-0.2, -0.15) is 0 Å². The second-order valence-electron chi connectivity index (χ2n) is 3.14. The molecule has 0 unspecified atom stereocenters. The second-order valence-corrected chi connectivity index (χ2v) is 3.14. The third-order valence-electron chi connectivity index (χ3n) is 2.37. The van der Waals surface area contributed by atoms with Crippen molar-refractivity contribution < 1.29 is 9.53 Å². The van der Waals surface area contributed by atoms with E-state index in [-0.39, 0.29) is 12.0 Å². The number of carbonyl (C=O) groups excluding carboxylic acids is 1. The Labute approximate surface area is 66.9 Å². The molecule has 11 heavy (non-hydrogen) atoms. The standard InChI is InChI=1S/C8H15NO2/c1-11-8(10)5-6-3-2-4-7(6)9/h6-7H,2-5,9H2,1H3/t6-,7-/m1/s1. The summed E-state index contributed by atoms with van der Waals surface area (Å²) in [6.07, 6.45) is 3.79. The van der Waals surface area contributed by atoms with Gasteiger partial charge >= 0.3 is 5.97 Å². The summed E-state index contributed by atoms with van der Waals surface area (Å²) in [5, 5.41) is 0. The molecular weight excluding hydrogens is 142 g/mol. The van der Waals surface area contributed by atoms with Crippen LogP contribution in [0.3, 0.4) is 0 Å². The van der Waals surface area contributed by atoms with E-state index in [1.807, 2.05) is 0 Å². The summed E-state index contributed by atoms with van der Waals surface area (Å²) < 4.78 is 4.57. The van der Waals surface area contributed by atoms with Crippen molar-refractivity contribution in [1.82, 2.24) is 0 Å². The Morgan fingerprint density at radius 3 is 2.82 bits per heavy atom. The number of rotatable bonds is 2. The third-order valence-corrected chi connectivity index (χ3v) is 2.37. The molecule has 1 aliphatic carbocycles. The van der Waals surface area contributed by atoms with Crippen molar-refractivity contribution in [2.45, 2.75) is 31.7 Å². The molecule has 1 fully saturated rings. The van der Waals surface area contributed by atoms with E-state index in [0.29, 0.717) is 12.3 Å². The lowest BCUT2D eigenvalue weighted by atomic mass is 10.0. The smallest absolute Gasteiger partial charge is 0.305 e. The van der Waals surface area contributed by atoms with E-state index in [1.165, 1.54) is 7.11 Å². The van der Waals surface area contributed by atoms with Gasteiger partial charge in [0.15, 0.2) is 0 Å². The first-order valence-corrected chi connectivity index (χ1v) is 4.06. The fourth-order valence-electron chi connectivity index (χ4n) is 1.62. The molecule has 0 aliphatic heterocycles. The zero-order chi connectivity index (χ0) is 8.27. The molecule has 2 atom stereocenters. The van der Waals surface area contributed by atoms with Crippen LogP contribution in [-0.2, 0) is 9.53 Å². The van der Waals surface area contributed by atoms with Crippen LogP contribution in [-0.4, -0.2) is 19.1 Å². The highest BCUT2D eigenvalue weighted by molar-refractivity contribution is 5.69. The largest absolute Gasteiger partial charge is 0.469 e. The van der Waals surface area contributed by atoms with Gasteiger partial charge in [0.05, 0.1) is 7.11 Å². The number of carbonyl (C=O) groups is 1. The van der Waals surface area contributed by atoms with E-state index < -0.39 is 0 Å². The maximum Gasteiger partial charge on any atom is 0.305 e. The van der Waals surface area contributed by atoms with Gasteiger partial charge in [-0.3, -0.25) is 4.79 Å². The highest BCUT2D eigenvalue weighted by Gasteiger charge is 2.26. The zero-order valence-corrected chi connectivity index (χ0v) is 6.88. The minimum Gasteiger partial charge on any atom is -0.469 e. The highest BCUT2D eigenvalue weighted by atomic mass is 16.5. The summed E-state index contributed by atoms with van der Waals surface area (Å²) in [5.41, 5.74) is 5.77. The maximum atomic E-state index is 10.8. The van der Waals surface area contributed by atoms with Crippen molar-refractivity contribution in [2.24, 2.45) is 11.7 Å². The molecule has 3 nitrogen and oxygen atoms in total. The molecule has 0 aromatic heterocycles. The van der Waals surface area contributed by atoms with Crippen molar-refractivity contribution in [3.05, 3.63) is 0 Å². The lowest BCUT2D eigenvalue weighted by Crippen LogP contribution is -2.26. The average Bonchev–Trinajstić information content (AvgIpc) is 2.37. The van der Waals surface area contributed by atoms with Crippen molar-refractivity contribution in [3.8, 4) is 0 Å². The van der Waals surface area contributed by atoms with Crippen LogP contribution >= 0.6 is 0 Å². The summed E-state index contributed by atoms with van der Waals surface area (Å²) in [4.78, 5) is 10.8. The number of hydrogen-bond acceptors (Lipinski definition) is 3. The Bertz CT molecular complexity index is 147. The van der Waals surface area contributed by atoms with Crippen LogP contribution in [0, 0.1) is 5.92 Å². The van der Waals surface area contributed by atoms with Crippen LogP contribution in [0.1, 0.15) is 25.7 Å². The van der Waals surface area contributed by atoms with Gasteiger partial charge in [-0.05, 0) is 18.8 Å². The molecule has 0 bridgehead atoms. The lowest BCUT2D eigenvalue weighted by Gasteiger charge is -2.12. The van der Waals surface area contributed by atoms with Gasteiger partial charge in [0.1, 0.15) is 0 Å². The van der Waals surface area contributed by atoms with Crippen molar-refractivity contribution in [1.29, 1.82) is 0 Å². The lowest BCUT2D eigenvalue weighted by molar-refractivity contribution is -0.141. The van der Waals surface area contributed by atoms with E-state index in [1.54, 1.807) is 0 Å². The van der Waals surface area contributed by atoms with Crippen molar-refractivity contribution in [2.75, 3.05) is 7.11 Å². The maximum absolute atomic E-state index is 10.8. The molecule has 3 heteroatoms. The quantitative estimate of drug-likeness (QED) is 0.599. The molecule has 0 saturated heterocycles. The minimum atomic E-state index is -0.132. The van der Waals surface area contributed by atoms with Crippen molar-refractivity contribution >= 4 is 5.97 Å². The molecule has 1 rings (SSSR count). The van der Waals surface area contributed by atoms with E-state index in [2.05, 4.69) is 4.74 Å². The number of methoxy groups -OCH3 is 1. The Hall–Kier alpha value is -0.570. The molecular formula is C8H15NO2. The first kappa shape index (κ1) is 8.53. The Morgan fingerprint density at radius 2 is 2.36 bits per heavy atom. The molecule has 0 aromatic carbocycles. The summed E-state index contributed by atoms with van der Waals surface area (Å²) in [6.45, 7) is 0. The van der Waals surface area contributed by atoms with Gasteiger partial charge < -0.3 is 10.5 Å². The highest BCUT2D eigenvalue weighted by Crippen LogP contribution is 2.26. The van der Waals surface area contributed by atoms with E-state index in [9.17, 15) is 4.79 Å². The fourth-order valence-corrected chi connectivity index (χ4v) is 1.62. The molecule has 0 radical (unpaired) electrons. The average molecular weight is 157 g/mol. The Morgan fingerprint density at radius 1 is 1.64 bits per heavy atom. The number of nitrogens with two attached hydrogens (primary N) is 1. The van der Waals surface area contributed by atoms with Crippen LogP contribution in [0.5, 0.6) is 0 Å². The molecule has 0 heterocycles. The Kier molecular flexibility index (Phi) is 2.88. The van der Waals surface area contributed by atoms with Crippen LogP contribution < -0.4 is 5.73 Å². The molecule has 0 spiro atoms. The molecule has 1 aliphatic rings. The normalized spacial score (nSPS) is 30.4. The first-order chi connectivity index (χ1) is 5.24. The van der Waals surface area contributed by atoms with E-state index in [4.69, 9.17) is 5.73 Å². The van der Waals surface area contributed by atoms with E-state index >= 15 is 0 Å². The molecule has 1 saturated carbocycles. The predicted octanol–water partition coefficient (Wildman–Crippen LogP) is 0.677. The molecule has 64 valence electrons. The van der Waals surface area contributed by atoms with Crippen LogP contribution in [0.25, 0.3) is 0 Å². The number of hydrogen-bond donors (Lipinski definition) is 1. The summed E-state index contributed by atoms with van der Waals surface area (Å²) in [6, 6.07) is 0.217. The summed E-state index contributed by atoms with van der Waals surface area (Å²) in [5.74, 6) is 0.231. The first-order valence-electron chi connectivity index (χ1n) is 4.06. The van der Waals surface area contributed by atoms with E-state index in [0.717, 1.165) is 19.3 Å². The van der Waals surface area contributed by atoms with Gasteiger partial charge in [0.25, 0.3) is 0 Å². The molecule has 0 aromatic rings. The summed E-state index contributed by atoms with van der Waals surface area (Å²) in [7, 11) is 1.42. The topological polar surface area (TPSA) is 52.3 Å². The zero-order valence-electron chi connectivity index (χ0n) is 6.88. The van der Waals surface area contributed by atoms with Gasteiger partial charge in [-0.1, -0.05) is 6.42 Å². The number of ether oxygens (including phenoxy) is 1. The molecule has 0 amide bonds. The predicted molar refractivity (Wildman–Crippen MR) is 41.9 cm³/mol. The SMILES string of the molecule is COC(=O)C[C@H]1CCC[C@H]1N. The monoisotopic (exact) mass is 157 g/mol. The minimum absolute atomic E-state index is 0.132. The second kappa shape index (κ2) is 3.72. The van der Waals surface area contributed by atoms with Crippen LogP contribution in [0.15, 0.2) is 0 Å². The summed E-state index contributed by atoms with van der Waals surface area (Å²) >= 11 is 0. The molecule has 2 N–H and O–H groups in total. The van der Waals surface area contributed by atoms with Crippen LogP contribution in [0.2, 0.25) is 0 Å². The van der Waals surface area contributed by atoms with Gasteiger partial charge in [0.2, 0.25) is 0 Å².